The van der Waals surface area contributed by atoms with Crippen LogP contribution in [0.3, 0.4) is 0 Å². The molecule has 5 nitrogen and oxygen atoms in total. The molecule has 1 rings (SSSR count). The van der Waals surface area contributed by atoms with Crippen molar-refractivity contribution in [1.82, 2.24) is 4.31 Å². The fraction of sp³-hybridized carbons (Fsp3) is 0.500. The van der Waals surface area contributed by atoms with Crippen LogP contribution in [-0.4, -0.2) is 52.5 Å². The van der Waals surface area contributed by atoms with E-state index in [9.17, 15) is 8.42 Å². The Hall–Kier alpha value is -0.820. The van der Waals surface area contributed by atoms with Crippen molar-refractivity contribution in [3.63, 3.8) is 0 Å². The molecule has 1 unspecified atom stereocenters. The highest BCUT2D eigenvalue weighted by atomic mass is 35.5. The number of sulfonamides is 1. The molecule has 0 amide bonds. The summed E-state index contributed by atoms with van der Waals surface area (Å²) in [6, 6.07) is 6.59. The average molecular weight is 307 g/mol. The van der Waals surface area contributed by atoms with E-state index in [1.807, 2.05) is 0 Å². The summed E-state index contributed by atoms with van der Waals surface area (Å²) >= 11 is 5.82. The Bertz CT molecular complexity index is 505. The molecule has 0 heterocycles. The van der Waals surface area contributed by atoms with E-state index >= 15 is 0 Å². The van der Waals surface area contributed by atoms with E-state index in [0.717, 1.165) is 0 Å². The van der Waals surface area contributed by atoms with E-state index in [1.54, 1.807) is 31.4 Å². The van der Waals surface area contributed by atoms with Crippen LogP contribution in [0.2, 0.25) is 0 Å². The molecule has 0 saturated carbocycles. The molecule has 1 atom stereocenters. The molecular weight excluding hydrogens is 288 g/mol. The lowest BCUT2D eigenvalue weighted by Crippen LogP contribution is -2.29. The van der Waals surface area contributed by atoms with Crippen LogP contribution in [0.4, 0.5) is 5.69 Å². The standard InChI is InChI=1S/C12H19ClN2O3S/c1-15(2)19(16,17)12-7-5-4-6-11(12)14-10(8-13)9-18-3/h4-7,10,14H,8-9H2,1-3H3. The van der Waals surface area contributed by atoms with Crippen LogP contribution in [-0.2, 0) is 14.8 Å². The van der Waals surface area contributed by atoms with Crippen LogP contribution in [0, 0.1) is 0 Å². The number of anilines is 1. The van der Waals surface area contributed by atoms with Gasteiger partial charge in [0, 0.05) is 27.1 Å². The molecule has 1 aromatic carbocycles. The maximum absolute atomic E-state index is 12.2. The predicted molar refractivity (Wildman–Crippen MR) is 77.3 cm³/mol. The van der Waals surface area contributed by atoms with E-state index < -0.39 is 10.0 Å². The lowest BCUT2D eigenvalue weighted by Gasteiger charge is -2.20. The second kappa shape index (κ2) is 7.09. The molecule has 19 heavy (non-hydrogen) atoms. The quantitative estimate of drug-likeness (QED) is 0.778. The molecule has 0 aliphatic carbocycles. The number of methoxy groups -OCH3 is 1. The highest BCUT2D eigenvalue weighted by Crippen LogP contribution is 2.23. The smallest absolute Gasteiger partial charge is 0.244 e. The Kier molecular flexibility index (Phi) is 6.06. The number of nitrogens with one attached hydrogen (secondary N) is 1. The molecule has 0 aliphatic heterocycles. The van der Waals surface area contributed by atoms with Crippen LogP contribution in [0.1, 0.15) is 0 Å². The highest BCUT2D eigenvalue weighted by molar-refractivity contribution is 7.89. The average Bonchev–Trinajstić information content (AvgIpc) is 2.38. The van der Waals surface area contributed by atoms with Crippen molar-refractivity contribution >= 4 is 27.3 Å². The summed E-state index contributed by atoms with van der Waals surface area (Å²) in [4.78, 5) is 0.228. The first-order valence-electron chi connectivity index (χ1n) is 5.76. The van der Waals surface area contributed by atoms with Gasteiger partial charge in [0.05, 0.1) is 18.3 Å². The molecule has 0 spiro atoms. The minimum atomic E-state index is -3.49. The van der Waals surface area contributed by atoms with Crippen LogP contribution < -0.4 is 5.32 Å². The minimum Gasteiger partial charge on any atom is -0.383 e. The van der Waals surface area contributed by atoms with Gasteiger partial charge in [-0.15, -0.1) is 11.6 Å². The third-order valence-electron chi connectivity index (χ3n) is 2.56. The largest absolute Gasteiger partial charge is 0.383 e. The number of alkyl halides is 1. The van der Waals surface area contributed by atoms with Gasteiger partial charge in [-0.25, -0.2) is 12.7 Å². The number of rotatable bonds is 7. The molecule has 7 heteroatoms. The number of hydrogen-bond acceptors (Lipinski definition) is 4. The molecule has 1 N–H and O–H groups in total. The fourth-order valence-corrected chi connectivity index (χ4v) is 2.77. The topological polar surface area (TPSA) is 58.6 Å². The van der Waals surface area contributed by atoms with Crippen molar-refractivity contribution in [1.29, 1.82) is 0 Å². The van der Waals surface area contributed by atoms with Crippen molar-refractivity contribution in [3.8, 4) is 0 Å². The normalized spacial score (nSPS) is 13.5. The molecule has 0 aliphatic rings. The van der Waals surface area contributed by atoms with E-state index in [1.165, 1.54) is 18.4 Å². The van der Waals surface area contributed by atoms with Crippen molar-refractivity contribution < 1.29 is 13.2 Å². The van der Waals surface area contributed by atoms with Gasteiger partial charge in [0.1, 0.15) is 4.90 Å². The molecule has 0 bridgehead atoms. The number of nitrogens with zero attached hydrogens (tertiary/aromatic N) is 1. The minimum absolute atomic E-state index is 0.148. The van der Waals surface area contributed by atoms with Gasteiger partial charge in [-0.2, -0.15) is 0 Å². The Balaban J connectivity index is 3.09. The summed E-state index contributed by atoms with van der Waals surface area (Å²) in [5.41, 5.74) is 0.527. The molecule has 1 aromatic rings. The number of ether oxygens (including phenoxy) is 1. The molecule has 108 valence electrons. The Morgan fingerprint density at radius 3 is 2.53 bits per heavy atom. The van der Waals surface area contributed by atoms with Crippen LogP contribution >= 0.6 is 11.6 Å². The summed E-state index contributed by atoms with van der Waals surface area (Å²) < 4.78 is 30.6. The van der Waals surface area contributed by atoms with Gasteiger partial charge in [0.25, 0.3) is 0 Å². The summed E-state index contributed by atoms with van der Waals surface area (Å²) in [7, 11) is 1.08. The first-order chi connectivity index (χ1) is 8.93. The van der Waals surface area contributed by atoms with Gasteiger partial charge >= 0.3 is 0 Å². The molecule has 0 aromatic heterocycles. The maximum Gasteiger partial charge on any atom is 0.244 e. The third kappa shape index (κ3) is 4.07. The SMILES string of the molecule is COCC(CCl)Nc1ccccc1S(=O)(=O)N(C)C. The number of para-hydroxylation sites is 1. The summed E-state index contributed by atoms with van der Waals surface area (Å²) in [5.74, 6) is 0.324. The molecule has 0 saturated heterocycles. The maximum atomic E-state index is 12.2. The summed E-state index contributed by atoms with van der Waals surface area (Å²) in [6.07, 6.45) is 0. The monoisotopic (exact) mass is 306 g/mol. The third-order valence-corrected chi connectivity index (χ3v) is 4.81. The zero-order chi connectivity index (χ0) is 14.5. The van der Waals surface area contributed by atoms with Gasteiger partial charge in [-0.3, -0.25) is 0 Å². The Labute approximate surface area is 119 Å². The van der Waals surface area contributed by atoms with Crippen molar-refractivity contribution in [2.45, 2.75) is 10.9 Å². The van der Waals surface area contributed by atoms with Crippen LogP contribution in [0.5, 0.6) is 0 Å². The van der Waals surface area contributed by atoms with Crippen LogP contribution in [0.15, 0.2) is 29.2 Å². The van der Waals surface area contributed by atoms with Gasteiger partial charge in [0.2, 0.25) is 10.0 Å². The van der Waals surface area contributed by atoms with Crippen molar-refractivity contribution in [2.24, 2.45) is 0 Å². The Morgan fingerprint density at radius 2 is 2.00 bits per heavy atom. The zero-order valence-corrected chi connectivity index (χ0v) is 12.8. The van der Waals surface area contributed by atoms with Gasteiger partial charge < -0.3 is 10.1 Å². The lowest BCUT2D eigenvalue weighted by molar-refractivity contribution is 0.191. The van der Waals surface area contributed by atoms with Gasteiger partial charge in [0.15, 0.2) is 0 Å². The first-order valence-corrected chi connectivity index (χ1v) is 7.74. The molecule has 0 radical (unpaired) electrons. The van der Waals surface area contributed by atoms with E-state index in [0.29, 0.717) is 18.2 Å². The summed E-state index contributed by atoms with van der Waals surface area (Å²) in [6.45, 7) is 0.403. The van der Waals surface area contributed by atoms with Crippen molar-refractivity contribution in [3.05, 3.63) is 24.3 Å². The second-order valence-corrected chi connectivity index (χ2v) is 6.66. The highest BCUT2D eigenvalue weighted by Gasteiger charge is 2.21. The van der Waals surface area contributed by atoms with Crippen molar-refractivity contribution in [2.75, 3.05) is 39.0 Å². The second-order valence-electron chi connectivity index (χ2n) is 4.23. The lowest BCUT2D eigenvalue weighted by atomic mass is 10.3. The van der Waals surface area contributed by atoms with E-state index in [-0.39, 0.29) is 10.9 Å². The van der Waals surface area contributed by atoms with E-state index in [4.69, 9.17) is 16.3 Å². The zero-order valence-electron chi connectivity index (χ0n) is 11.3. The first kappa shape index (κ1) is 16.2. The number of halogens is 1. The number of benzene rings is 1. The predicted octanol–water partition coefficient (Wildman–Crippen LogP) is 1.60. The van der Waals surface area contributed by atoms with Crippen LogP contribution in [0.25, 0.3) is 0 Å². The molecule has 0 fully saturated rings. The Morgan fingerprint density at radius 1 is 1.37 bits per heavy atom. The van der Waals surface area contributed by atoms with E-state index in [2.05, 4.69) is 5.32 Å². The van der Waals surface area contributed by atoms with Gasteiger partial charge in [-0.05, 0) is 12.1 Å². The van der Waals surface area contributed by atoms with Gasteiger partial charge in [-0.1, -0.05) is 12.1 Å². The fourth-order valence-electron chi connectivity index (χ4n) is 1.55. The number of hydrogen-bond donors (Lipinski definition) is 1. The summed E-state index contributed by atoms with van der Waals surface area (Å²) in [5, 5.41) is 3.10. The molecular formula is C12H19ClN2O3S.